The van der Waals surface area contributed by atoms with Gasteiger partial charge in [0.1, 0.15) is 0 Å². The van der Waals surface area contributed by atoms with Gasteiger partial charge in [0.05, 0.1) is 19.2 Å². The van der Waals surface area contributed by atoms with Crippen LogP contribution in [0.4, 0.5) is 0 Å². The second kappa shape index (κ2) is 6.41. The highest BCUT2D eigenvalue weighted by Crippen LogP contribution is 2.23. The molecule has 0 spiro atoms. The van der Waals surface area contributed by atoms with Crippen LogP contribution in [0.2, 0.25) is 0 Å². The Balaban J connectivity index is 1.79. The van der Waals surface area contributed by atoms with E-state index in [1.165, 1.54) is 10.9 Å². The average Bonchev–Trinajstić information content (AvgIpc) is 3.06. The maximum Gasteiger partial charge on any atom is 0.213 e. The summed E-state index contributed by atoms with van der Waals surface area (Å²) in [7, 11) is 1.66. The molecule has 1 aromatic carbocycles. The summed E-state index contributed by atoms with van der Waals surface area (Å²) >= 11 is 0. The molecule has 0 aliphatic carbocycles. The first-order valence-electron chi connectivity index (χ1n) is 7.51. The number of hydrogen-bond acceptors (Lipinski definition) is 4. The van der Waals surface area contributed by atoms with Crippen molar-refractivity contribution in [2.75, 3.05) is 20.3 Å². The van der Waals surface area contributed by atoms with Gasteiger partial charge in [-0.3, -0.25) is 0 Å². The number of pyridine rings is 1. The van der Waals surface area contributed by atoms with E-state index in [-0.39, 0.29) is 0 Å². The van der Waals surface area contributed by atoms with Gasteiger partial charge in [0.2, 0.25) is 5.88 Å². The first-order valence-corrected chi connectivity index (χ1v) is 7.51. The summed E-state index contributed by atoms with van der Waals surface area (Å²) in [5.41, 5.74) is 2.20. The average molecular weight is 286 g/mol. The van der Waals surface area contributed by atoms with E-state index < -0.39 is 0 Å². The van der Waals surface area contributed by atoms with Crippen molar-refractivity contribution in [2.45, 2.75) is 25.9 Å². The fourth-order valence-corrected chi connectivity index (χ4v) is 2.86. The van der Waals surface area contributed by atoms with Gasteiger partial charge in [-0.2, -0.15) is 0 Å². The zero-order valence-corrected chi connectivity index (χ0v) is 12.6. The second-order valence-electron chi connectivity index (χ2n) is 5.63. The molecule has 21 heavy (non-hydrogen) atoms. The topological polar surface area (TPSA) is 43.4 Å². The molecule has 1 aliphatic rings. The highest BCUT2D eigenvalue weighted by Gasteiger charge is 2.21. The molecule has 0 bridgehead atoms. The number of ether oxygens (including phenoxy) is 2. The van der Waals surface area contributed by atoms with Crippen molar-refractivity contribution in [3.63, 3.8) is 0 Å². The van der Waals surface area contributed by atoms with E-state index >= 15 is 0 Å². The molecule has 1 aliphatic heterocycles. The van der Waals surface area contributed by atoms with Crippen molar-refractivity contribution in [1.29, 1.82) is 0 Å². The smallest absolute Gasteiger partial charge is 0.213 e. The molecule has 4 nitrogen and oxygen atoms in total. The lowest BCUT2D eigenvalue weighted by atomic mass is 10.00. The maximum absolute atomic E-state index is 5.47. The SMILES string of the molecule is COc1cc(CN[C@H](C)[C@@H]2CCOC2)c2ccccc2n1. The summed E-state index contributed by atoms with van der Waals surface area (Å²) in [6, 6.07) is 10.7. The number of methoxy groups -OCH3 is 1. The van der Waals surface area contributed by atoms with Crippen molar-refractivity contribution in [3.05, 3.63) is 35.9 Å². The minimum Gasteiger partial charge on any atom is -0.481 e. The molecule has 0 amide bonds. The van der Waals surface area contributed by atoms with Crippen LogP contribution >= 0.6 is 0 Å². The first kappa shape index (κ1) is 14.3. The van der Waals surface area contributed by atoms with Crippen molar-refractivity contribution in [2.24, 2.45) is 5.92 Å². The van der Waals surface area contributed by atoms with Crippen LogP contribution in [0.25, 0.3) is 10.9 Å². The Morgan fingerprint density at radius 2 is 2.29 bits per heavy atom. The van der Waals surface area contributed by atoms with E-state index in [9.17, 15) is 0 Å². The van der Waals surface area contributed by atoms with E-state index in [1.54, 1.807) is 7.11 Å². The van der Waals surface area contributed by atoms with Crippen LogP contribution in [-0.4, -0.2) is 31.3 Å². The van der Waals surface area contributed by atoms with Gasteiger partial charge < -0.3 is 14.8 Å². The number of aromatic nitrogens is 1. The second-order valence-corrected chi connectivity index (χ2v) is 5.63. The number of fused-ring (bicyclic) bond motifs is 1. The van der Waals surface area contributed by atoms with Gasteiger partial charge in [-0.05, 0) is 30.9 Å². The number of nitrogens with one attached hydrogen (secondary N) is 1. The lowest BCUT2D eigenvalue weighted by molar-refractivity contribution is 0.178. The number of benzene rings is 1. The zero-order chi connectivity index (χ0) is 14.7. The van der Waals surface area contributed by atoms with Crippen LogP contribution in [0.5, 0.6) is 5.88 Å². The number of hydrogen-bond donors (Lipinski definition) is 1. The van der Waals surface area contributed by atoms with Crippen LogP contribution < -0.4 is 10.1 Å². The predicted octanol–water partition coefficient (Wildman–Crippen LogP) is 2.76. The Labute approximate surface area is 125 Å². The third-order valence-corrected chi connectivity index (χ3v) is 4.27. The van der Waals surface area contributed by atoms with Crippen molar-refractivity contribution in [3.8, 4) is 5.88 Å². The summed E-state index contributed by atoms with van der Waals surface area (Å²) in [4.78, 5) is 4.49. The third-order valence-electron chi connectivity index (χ3n) is 4.27. The van der Waals surface area contributed by atoms with Crippen molar-refractivity contribution in [1.82, 2.24) is 10.3 Å². The van der Waals surface area contributed by atoms with Crippen molar-refractivity contribution < 1.29 is 9.47 Å². The van der Waals surface area contributed by atoms with Gasteiger partial charge in [-0.15, -0.1) is 0 Å². The molecular weight excluding hydrogens is 264 g/mol. The van der Waals surface area contributed by atoms with Gasteiger partial charge in [-0.25, -0.2) is 4.98 Å². The quantitative estimate of drug-likeness (QED) is 0.918. The van der Waals surface area contributed by atoms with E-state index in [4.69, 9.17) is 9.47 Å². The monoisotopic (exact) mass is 286 g/mol. The zero-order valence-electron chi connectivity index (χ0n) is 12.6. The normalized spacial score (nSPS) is 19.8. The molecule has 0 saturated carbocycles. The molecule has 0 radical (unpaired) electrons. The molecular formula is C17H22N2O2. The Morgan fingerprint density at radius 1 is 1.43 bits per heavy atom. The molecule has 1 saturated heterocycles. The number of nitrogens with zero attached hydrogens (tertiary/aromatic N) is 1. The lowest BCUT2D eigenvalue weighted by Gasteiger charge is -2.20. The molecule has 1 N–H and O–H groups in total. The molecule has 1 aromatic heterocycles. The lowest BCUT2D eigenvalue weighted by Crippen LogP contribution is -2.33. The van der Waals surface area contributed by atoms with Crippen LogP contribution in [0.15, 0.2) is 30.3 Å². The predicted molar refractivity (Wildman–Crippen MR) is 83.5 cm³/mol. The van der Waals surface area contributed by atoms with Crippen LogP contribution in [0.1, 0.15) is 18.9 Å². The fraction of sp³-hybridized carbons (Fsp3) is 0.471. The van der Waals surface area contributed by atoms with Crippen LogP contribution in [0.3, 0.4) is 0 Å². The van der Waals surface area contributed by atoms with Gasteiger partial charge >= 0.3 is 0 Å². The minimum atomic E-state index is 0.449. The van der Waals surface area contributed by atoms with Gasteiger partial charge in [0.25, 0.3) is 0 Å². The van der Waals surface area contributed by atoms with E-state index in [2.05, 4.69) is 23.3 Å². The Morgan fingerprint density at radius 3 is 3.05 bits per heavy atom. The molecule has 4 heteroatoms. The Hall–Kier alpha value is -1.65. The highest BCUT2D eigenvalue weighted by molar-refractivity contribution is 5.82. The standard InChI is InChI=1S/C17H22N2O2/c1-12(13-7-8-21-11-13)18-10-14-9-17(20-2)19-16-6-4-3-5-15(14)16/h3-6,9,12-13,18H,7-8,10-11H2,1-2H3/t12-,13-/m1/s1. The minimum absolute atomic E-state index is 0.449. The Kier molecular flexibility index (Phi) is 4.36. The molecule has 2 atom stereocenters. The van der Waals surface area contributed by atoms with Gasteiger partial charge in [0, 0.05) is 30.6 Å². The van der Waals surface area contributed by atoms with Gasteiger partial charge in [-0.1, -0.05) is 18.2 Å². The summed E-state index contributed by atoms with van der Waals surface area (Å²) in [5.74, 6) is 1.28. The molecule has 3 rings (SSSR count). The van der Waals surface area contributed by atoms with E-state index in [0.717, 1.165) is 31.7 Å². The molecule has 1 fully saturated rings. The molecule has 112 valence electrons. The fourth-order valence-electron chi connectivity index (χ4n) is 2.86. The summed E-state index contributed by atoms with van der Waals surface area (Å²) in [5, 5.41) is 4.80. The van der Waals surface area contributed by atoms with E-state index in [1.807, 2.05) is 24.3 Å². The highest BCUT2D eigenvalue weighted by atomic mass is 16.5. The first-order chi connectivity index (χ1) is 10.3. The van der Waals surface area contributed by atoms with Crippen LogP contribution in [0, 0.1) is 5.92 Å². The maximum atomic E-state index is 5.47. The molecule has 2 aromatic rings. The van der Waals surface area contributed by atoms with Crippen LogP contribution in [-0.2, 0) is 11.3 Å². The number of rotatable bonds is 5. The van der Waals surface area contributed by atoms with Gasteiger partial charge in [0.15, 0.2) is 0 Å². The Bertz CT molecular complexity index is 609. The third kappa shape index (κ3) is 3.17. The summed E-state index contributed by atoms with van der Waals surface area (Å²) in [6.45, 7) is 4.81. The summed E-state index contributed by atoms with van der Waals surface area (Å²) < 4.78 is 10.8. The number of para-hydroxylation sites is 1. The molecule has 2 heterocycles. The van der Waals surface area contributed by atoms with Crippen molar-refractivity contribution >= 4 is 10.9 Å². The largest absolute Gasteiger partial charge is 0.481 e. The molecule has 0 unspecified atom stereocenters. The van der Waals surface area contributed by atoms with E-state index in [0.29, 0.717) is 17.8 Å². The summed E-state index contributed by atoms with van der Waals surface area (Å²) in [6.07, 6.45) is 1.15.